The number of nitrogens with zero attached hydrogens (tertiary/aromatic N) is 2. The van der Waals surface area contributed by atoms with Crippen molar-refractivity contribution in [2.45, 2.75) is 52.7 Å². The van der Waals surface area contributed by atoms with E-state index in [9.17, 15) is 0 Å². The van der Waals surface area contributed by atoms with Crippen LogP contribution in [0, 0.1) is 0 Å². The van der Waals surface area contributed by atoms with Gasteiger partial charge in [-0.2, -0.15) is 5.10 Å². The number of aryl methyl sites for hydroxylation is 1. The number of nitrogens with two attached hydrogens (primary N) is 2. The first-order valence-corrected chi connectivity index (χ1v) is 11.8. The van der Waals surface area contributed by atoms with Crippen LogP contribution >= 0.6 is 0 Å². The van der Waals surface area contributed by atoms with Crippen molar-refractivity contribution < 1.29 is 9.47 Å². The lowest BCUT2D eigenvalue weighted by molar-refractivity contribution is 0.287. The third-order valence-corrected chi connectivity index (χ3v) is 5.44. The van der Waals surface area contributed by atoms with Crippen LogP contribution in [0.3, 0.4) is 0 Å². The maximum absolute atomic E-state index is 5.99. The highest BCUT2D eigenvalue weighted by Crippen LogP contribution is 2.23. The maximum atomic E-state index is 5.99. The van der Waals surface area contributed by atoms with Gasteiger partial charge in [-0.1, -0.05) is 62.4 Å². The first-order valence-electron chi connectivity index (χ1n) is 11.8. The largest absolute Gasteiger partial charge is 0.489 e. The highest BCUT2D eigenvalue weighted by molar-refractivity contribution is 5.98. The first-order chi connectivity index (χ1) is 16.7. The van der Waals surface area contributed by atoms with Crippen molar-refractivity contribution in [3.8, 4) is 11.5 Å². The number of rotatable bonds is 7. The van der Waals surface area contributed by atoms with E-state index >= 15 is 0 Å². The van der Waals surface area contributed by atoms with Crippen LogP contribution in [0.4, 0.5) is 0 Å². The molecule has 6 nitrogen and oxygen atoms in total. The molecular weight excluding hydrogens is 424 g/mol. The fourth-order valence-electron chi connectivity index (χ4n) is 3.72. The molecule has 0 bridgehead atoms. The molecule has 0 spiro atoms. The highest BCUT2D eigenvalue weighted by atomic mass is 16.5. The Labute approximate surface area is 202 Å². The molecule has 178 valence electrons. The second kappa shape index (κ2) is 13.0. The second-order valence-corrected chi connectivity index (χ2v) is 7.70. The smallest absolute Gasteiger partial charge is 0.150 e. The molecule has 1 aliphatic rings. The van der Waals surface area contributed by atoms with Gasteiger partial charge >= 0.3 is 0 Å². The summed E-state index contributed by atoms with van der Waals surface area (Å²) in [5.74, 6) is 7.04. The average molecular weight is 459 g/mol. The number of hydrogen-bond donors (Lipinski definition) is 2. The fourth-order valence-corrected chi connectivity index (χ4v) is 3.72. The zero-order valence-corrected chi connectivity index (χ0v) is 20.0. The van der Waals surface area contributed by atoms with Gasteiger partial charge in [0.15, 0.2) is 5.84 Å². The normalized spacial score (nSPS) is 14.0. The quantitative estimate of drug-likeness (QED) is 0.165. The molecule has 0 saturated carbocycles. The van der Waals surface area contributed by atoms with E-state index in [1.165, 1.54) is 12.0 Å². The number of hydrogen-bond acceptors (Lipinski definition) is 5. The van der Waals surface area contributed by atoms with Crippen LogP contribution in [0.5, 0.6) is 11.5 Å². The van der Waals surface area contributed by atoms with Gasteiger partial charge in [0.2, 0.25) is 0 Å². The average Bonchev–Trinajstić information content (AvgIpc) is 2.88. The van der Waals surface area contributed by atoms with Gasteiger partial charge in [0.1, 0.15) is 24.7 Å². The lowest BCUT2D eigenvalue weighted by Crippen LogP contribution is -2.18. The van der Waals surface area contributed by atoms with Gasteiger partial charge in [-0.3, -0.25) is 4.98 Å². The summed E-state index contributed by atoms with van der Waals surface area (Å²) in [4.78, 5) is 4.82. The Morgan fingerprint density at radius 1 is 0.941 bits per heavy atom. The van der Waals surface area contributed by atoms with Crippen molar-refractivity contribution in [2.24, 2.45) is 16.7 Å². The van der Waals surface area contributed by atoms with Crippen LogP contribution < -0.4 is 21.1 Å². The van der Waals surface area contributed by atoms with Gasteiger partial charge in [0.25, 0.3) is 0 Å². The molecule has 0 saturated heterocycles. The predicted molar refractivity (Wildman–Crippen MR) is 138 cm³/mol. The number of hydrazone groups is 1. The number of pyridine rings is 1. The molecule has 1 aliphatic carbocycles. The van der Waals surface area contributed by atoms with E-state index in [1.807, 2.05) is 62.4 Å². The van der Waals surface area contributed by atoms with E-state index in [2.05, 4.69) is 29.4 Å². The number of aromatic nitrogens is 1. The van der Waals surface area contributed by atoms with Crippen molar-refractivity contribution in [1.82, 2.24) is 4.98 Å². The lowest BCUT2D eigenvalue weighted by atomic mass is 10.0. The molecule has 1 aromatic heterocycles. The van der Waals surface area contributed by atoms with Crippen molar-refractivity contribution in [3.63, 3.8) is 0 Å². The summed E-state index contributed by atoms with van der Waals surface area (Å²) in [6.07, 6.45) is 8.73. The van der Waals surface area contributed by atoms with Crippen molar-refractivity contribution in [3.05, 3.63) is 101 Å². The Hall–Kier alpha value is -3.80. The van der Waals surface area contributed by atoms with Crippen LogP contribution in [-0.4, -0.2) is 10.8 Å². The molecule has 4 rings (SSSR count). The number of benzene rings is 2. The van der Waals surface area contributed by atoms with Crippen LogP contribution in [0.1, 0.15) is 54.8 Å². The van der Waals surface area contributed by atoms with Crippen molar-refractivity contribution in [2.75, 3.05) is 0 Å². The molecule has 1 heterocycles. The Morgan fingerprint density at radius 3 is 2.50 bits per heavy atom. The van der Waals surface area contributed by atoms with Crippen molar-refractivity contribution >= 4 is 5.84 Å². The van der Waals surface area contributed by atoms with Crippen molar-refractivity contribution in [1.29, 1.82) is 0 Å². The Kier molecular flexibility index (Phi) is 9.52. The van der Waals surface area contributed by atoms with Gasteiger partial charge in [-0.15, -0.1) is 0 Å². The molecular formula is C28H34N4O2. The summed E-state index contributed by atoms with van der Waals surface area (Å²) in [7, 11) is 0. The van der Waals surface area contributed by atoms with Crippen LogP contribution in [0.2, 0.25) is 0 Å². The highest BCUT2D eigenvalue weighted by Gasteiger charge is 2.09. The summed E-state index contributed by atoms with van der Waals surface area (Å²) < 4.78 is 12.0. The van der Waals surface area contributed by atoms with Gasteiger partial charge in [-0.25, -0.2) is 0 Å². The number of fused-ring (bicyclic) bond motifs is 1. The monoisotopic (exact) mass is 458 g/mol. The van der Waals surface area contributed by atoms with Gasteiger partial charge in [-0.05, 0) is 43.0 Å². The van der Waals surface area contributed by atoms with E-state index in [-0.39, 0.29) is 5.84 Å². The Morgan fingerprint density at radius 2 is 1.71 bits per heavy atom. The third-order valence-electron chi connectivity index (χ3n) is 5.44. The topological polar surface area (TPSA) is 95.8 Å². The van der Waals surface area contributed by atoms with E-state index in [1.54, 1.807) is 0 Å². The molecule has 0 radical (unpaired) electrons. The van der Waals surface area contributed by atoms with E-state index in [4.69, 9.17) is 26.0 Å². The van der Waals surface area contributed by atoms with Gasteiger partial charge in [0, 0.05) is 29.3 Å². The first kappa shape index (κ1) is 24.8. The standard InChI is InChI=1S/C26H28N4O2.C2H6/c27-26(30-28)24-12-6-5-9-20(24)17-31-22-10-7-11-23(16-22)32-18-21-15-14-19-8-3-1-2-4-13-25(19)29-21;1-2/h2,4-7,9-12,14-16H,1,3,8,13,17-18,28H2,(H2,27,30);1-2H3/b4-2-;. The second-order valence-electron chi connectivity index (χ2n) is 7.70. The fraction of sp³-hybridized carbons (Fsp3) is 0.286. The summed E-state index contributed by atoms with van der Waals surface area (Å²) in [6.45, 7) is 4.75. The number of amidine groups is 1. The molecule has 4 N–H and O–H groups in total. The molecule has 3 aromatic rings. The van der Waals surface area contributed by atoms with Crippen LogP contribution in [-0.2, 0) is 26.1 Å². The van der Waals surface area contributed by atoms with E-state index < -0.39 is 0 Å². The lowest BCUT2D eigenvalue weighted by Gasteiger charge is -2.13. The minimum absolute atomic E-state index is 0.278. The minimum Gasteiger partial charge on any atom is -0.489 e. The SMILES string of the molecule is CC.N/N=C(\N)c1ccccc1COc1cccc(OCc2ccc3c(n2)C/C=C\CCC3)c1. The van der Waals surface area contributed by atoms with Crippen LogP contribution in [0.25, 0.3) is 0 Å². The van der Waals surface area contributed by atoms with E-state index in [0.717, 1.165) is 47.5 Å². The summed E-state index contributed by atoms with van der Waals surface area (Å²) in [6, 6.07) is 19.5. The summed E-state index contributed by atoms with van der Waals surface area (Å²) in [5.41, 5.74) is 11.0. The van der Waals surface area contributed by atoms with Gasteiger partial charge < -0.3 is 21.1 Å². The molecule has 0 aliphatic heterocycles. The molecule has 2 aromatic carbocycles. The zero-order chi connectivity index (χ0) is 24.2. The minimum atomic E-state index is 0.278. The Bertz CT molecular complexity index is 1120. The zero-order valence-electron chi connectivity index (χ0n) is 20.0. The van der Waals surface area contributed by atoms with Gasteiger partial charge in [0.05, 0.1) is 5.69 Å². The predicted octanol–water partition coefficient (Wildman–Crippen LogP) is 5.28. The summed E-state index contributed by atoms with van der Waals surface area (Å²) in [5, 5.41) is 3.59. The third kappa shape index (κ3) is 6.85. The Balaban J connectivity index is 0.00000158. The molecule has 0 amide bonds. The number of ether oxygens (including phenoxy) is 2. The molecule has 0 atom stereocenters. The van der Waals surface area contributed by atoms with Crippen LogP contribution in [0.15, 0.2) is 77.9 Å². The van der Waals surface area contributed by atoms with E-state index in [0.29, 0.717) is 19.0 Å². The molecule has 34 heavy (non-hydrogen) atoms. The molecule has 0 fully saturated rings. The summed E-state index contributed by atoms with van der Waals surface area (Å²) >= 11 is 0. The maximum Gasteiger partial charge on any atom is 0.150 e. The molecule has 0 unspecified atom stereocenters. The molecule has 6 heteroatoms. The number of allylic oxidation sites excluding steroid dienone is 2.